The van der Waals surface area contributed by atoms with E-state index in [9.17, 15) is 9.59 Å². The zero-order chi connectivity index (χ0) is 24.5. The van der Waals surface area contributed by atoms with Gasteiger partial charge in [-0.3, -0.25) is 18.9 Å². The third kappa shape index (κ3) is 6.65. The molecule has 0 bridgehead atoms. The van der Waals surface area contributed by atoms with Crippen molar-refractivity contribution >= 4 is 51.7 Å². The second kappa shape index (κ2) is 13.0. The number of nitrogens with one attached hydrogen (secondary N) is 1. The van der Waals surface area contributed by atoms with Gasteiger partial charge < -0.3 is 15.2 Å². The number of hydrogen-bond donors (Lipinski definition) is 2. The number of nitrogens with zero attached hydrogens (tertiary/aromatic N) is 3. The van der Waals surface area contributed by atoms with E-state index < -0.39 is 0 Å². The molecule has 1 fully saturated rings. The van der Waals surface area contributed by atoms with Crippen molar-refractivity contribution in [2.75, 3.05) is 38.2 Å². The fourth-order valence-corrected chi connectivity index (χ4v) is 4.92. The summed E-state index contributed by atoms with van der Waals surface area (Å²) in [5.74, 6) is 0.211. The molecule has 10 heteroatoms. The van der Waals surface area contributed by atoms with Crippen molar-refractivity contribution in [3.05, 3.63) is 44.7 Å². The zero-order valence-corrected chi connectivity index (χ0v) is 21.3. The molecule has 0 unspecified atom stereocenters. The van der Waals surface area contributed by atoms with Crippen LogP contribution >= 0.6 is 24.0 Å². The van der Waals surface area contributed by atoms with Gasteiger partial charge in [0.15, 0.2) is 0 Å². The summed E-state index contributed by atoms with van der Waals surface area (Å²) in [6.07, 6.45) is 8.80. The first-order valence-corrected chi connectivity index (χ1v) is 12.9. The number of carbonyl (C=O) groups excluding carboxylic acids is 1. The highest BCUT2D eigenvalue weighted by molar-refractivity contribution is 8.26. The van der Waals surface area contributed by atoms with Crippen LogP contribution in [0.5, 0.6) is 0 Å². The molecule has 8 nitrogen and oxygen atoms in total. The SMILES string of the molecule is CCCCCCCN1C(=O)C(=Cc2c(NCCOCCO)nc3ccc(C)cn3c2=O)SC1=S. The van der Waals surface area contributed by atoms with Crippen LogP contribution in [-0.4, -0.2) is 62.5 Å². The number of unbranched alkanes of at least 4 members (excludes halogenated alkanes) is 4. The lowest BCUT2D eigenvalue weighted by atomic mass is 10.1. The molecule has 0 aromatic carbocycles. The van der Waals surface area contributed by atoms with E-state index in [1.165, 1.54) is 29.0 Å². The van der Waals surface area contributed by atoms with Gasteiger partial charge in [0.1, 0.15) is 15.8 Å². The predicted molar refractivity (Wildman–Crippen MR) is 141 cm³/mol. The van der Waals surface area contributed by atoms with E-state index in [-0.39, 0.29) is 24.7 Å². The normalized spacial score (nSPS) is 15.1. The van der Waals surface area contributed by atoms with Gasteiger partial charge in [-0.05, 0) is 31.1 Å². The summed E-state index contributed by atoms with van der Waals surface area (Å²) < 4.78 is 7.30. The molecule has 0 spiro atoms. The molecule has 3 heterocycles. The number of hydrogen-bond acceptors (Lipinski definition) is 8. The Hall–Kier alpha value is -2.27. The van der Waals surface area contributed by atoms with Crippen molar-refractivity contribution in [1.29, 1.82) is 0 Å². The standard InChI is InChI=1S/C24H32N4O4S2/c1-3-4-5-6-7-11-27-23(31)19(34-24(27)33)15-18-21(25-10-13-32-14-12-29)26-20-9-8-17(2)16-28(20)22(18)30/h8-9,15-16,25,29H,3-7,10-14H2,1-2H3. The second-order valence-electron chi connectivity index (χ2n) is 8.12. The Bertz CT molecular complexity index is 1120. The number of amides is 1. The van der Waals surface area contributed by atoms with E-state index in [2.05, 4.69) is 17.2 Å². The number of thiocarbonyl (C=S) groups is 1. The van der Waals surface area contributed by atoms with Crippen LogP contribution in [0.4, 0.5) is 5.82 Å². The molecule has 1 saturated heterocycles. The van der Waals surface area contributed by atoms with E-state index in [4.69, 9.17) is 22.1 Å². The maximum Gasteiger partial charge on any atom is 0.267 e. The van der Waals surface area contributed by atoms with Crippen LogP contribution in [0.15, 0.2) is 28.0 Å². The Labute approximate surface area is 209 Å². The molecular formula is C24H32N4O4S2. The molecule has 0 atom stereocenters. The first-order chi connectivity index (χ1) is 16.5. The number of thioether (sulfide) groups is 1. The van der Waals surface area contributed by atoms with Gasteiger partial charge in [-0.25, -0.2) is 4.98 Å². The maximum atomic E-state index is 13.4. The lowest BCUT2D eigenvalue weighted by Gasteiger charge is -2.14. The molecule has 2 aromatic rings. The van der Waals surface area contributed by atoms with Gasteiger partial charge in [-0.2, -0.15) is 0 Å². The molecule has 1 aliphatic heterocycles. The number of rotatable bonds is 13. The topological polar surface area (TPSA) is 96.2 Å². The lowest BCUT2D eigenvalue weighted by Crippen LogP contribution is -2.29. The van der Waals surface area contributed by atoms with E-state index >= 15 is 0 Å². The van der Waals surface area contributed by atoms with Crippen LogP contribution in [-0.2, 0) is 9.53 Å². The quantitative estimate of drug-likeness (QED) is 0.243. The molecule has 0 saturated carbocycles. The van der Waals surface area contributed by atoms with Gasteiger partial charge in [0, 0.05) is 19.3 Å². The van der Waals surface area contributed by atoms with Crippen LogP contribution in [0.2, 0.25) is 0 Å². The molecule has 3 rings (SSSR count). The summed E-state index contributed by atoms with van der Waals surface area (Å²) >= 11 is 6.68. The van der Waals surface area contributed by atoms with E-state index in [0.29, 0.717) is 46.0 Å². The molecule has 2 aromatic heterocycles. The minimum absolute atomic E-state index is 0.0549. The fourth-order valence-electron chi connectivity index (χ4n) is 3.63. The maximum absolute atomic E-state index is 13.4. The number of anilines is 1. The molecule has 1 amide bonds. The molecule has 0 radical (unpaired) electrons. The van der Waals surface area contributed by atoms with Gasteiger partial charge in [0.2, 0.25) is 0 Å². The summed E-state index contributed by atoms with van der Waals surface area (Å²) in [5, 5.41) is 12.0. The number of pyridine rings is 1. The Morgan fingerprint density at radius 3 is 2.76 bits per heavy atom. The summed E-state index contributed by atoms with van der Waals surface area (Å²) in [5.41, 5.74) is 1.46. The number of fused-ring (bicyclic) bond motifs is 1. The second-order valence-corrected chi connectivity index (χ2v) is 9.80. The van der Waals surface area contributed by atoms with Crippen LogP contribution in [0, 0.1) is 6.92 Å². The molecule has 34 heavy (non-hydrogen) atoms. The number of carbonyl (C=O) groups is 1. The minimum Gasteiger partial charge on any atom is -0.394 e. The number of aromatic nitrogens is 2. The zero-order valence-electron chi connectivity index (χ0n) is 19.7. The Balaban J connectivity index is 1.87. The average Bonchev–Trinajstić information content (AvgIpc) is 3.08. The number of ether oxygens (including phenoxy) is 1. The predicted octanol–water partition coefficient (Wildman–Crippen LogP) is 3.60. The average molecular weight is 505 g/mol. The monoisotopic (exact) mass is 504 g/mol. The van der Waals surface area contributed by atoms with E-state index in [1.807, 2.05) is 13.0 Å². The molecule has 0 aliphatic carbocycles. The number of aliphatic hydroxyl groups excluding tert-OH is 1. The largest absolute Gasteiger partial charge is 0.394 e. The van der Waals surface area contributed by atoms with Crippen LogP contribution in [0.3, 0.4) is 0 Å². The van der Waals surface area contributed by atoms with Crippen LogP contribution in [0.25, 0.3) is 11.7 Å². The summed E-state index contributed by atoms with van der Waals surface area (Å²) in [7, 11) is 0. The number of aliphatic hydroxyl groups is 1. The molecule has 184 valence electrons. The van der Waals surface area contributed by atoms with Gasteiger partial charge in [-0.15, -0.1) is 0 Å². The number of aryl methyl sites for hydroxylation is 1. The fraction of sp³-hybridized carbons (Fsp3) is 0.500. The third-order valence-corrected chi connectivity index (χ3v) is 6.79. The summed E-state index contributed by atoms with van der Waals surface area (Å²) in [6, 6.07) is 3.67. The summed E-state index contributed by atoms with van der Waals surface area (Å²) in [6.45, 7) is 5.59. The van der Waals surface area contributed by atoms with Crippen molar-refractivity contribution in [3.63, 3.8) is 0 Å². The highest BCUT2D eigenvalue weighted by Gasteiger charge is 2.32. The van der Waals surface area contributed by atoms with Gasteiger partial charge in [0.25, 0.3) is 11.5 Å². The Morgan fingerprint density at radius 1 is 1.21 bits per heavy atom. The molecule has 1 aliphatic rings. The van der Waals surface area contributed by atoms with Crippen LogP contribution < -0.4 is 10.9 Å². The highest BCUT2D eigenvalue weighted by atomic mass is 32.2. The first kappa shape index (κ1) is 26.3. The Kier molecular flexibility index (Phi) is 10.1. The smallest absolute Gasteiger partial charge is 0.267 e. The van der Waals surface area contributed by atoms with Gasteiger partial charge >= 0.3 is 0 Å². The van der Waals surface area contributed by atoms with Crippen molar-refractivity contribution in [2.24, 2.45) is 0 Å². The Morgan fingerprint density at radius 2 is 2.00 bits per heavy atom. The highest BCUT2D eigenvalue weighted by Crippen LogP contribution is 2.33. The van der Waals surface area contributed by atoms with Crippen molar-refractivity contribution in [3.8, 4) is 0 Å². The van der Waals surface area contributed by atoms with Gasteiger partial charge in [-0.1, -0.05) is 62.7 Å². The minimum atomic E-state index is -0.266. The van der Waals surface area contributed by atoms with Crippen molar-refractivity contribution < 1.29 is 14.6 Å². The third-order valence-electron chi connectivity index (χ3n) is 5.41. The van der Waals surface area contributed by atoms with Crippen molar-refractivity contribution in [2.45, 2.75) is 46.0 Å². The van der Waals surface area contributed by atoms with E-state index in [1.54, 1.807) is 23.2 Å². The van der Waals surface area contributed by atoms with E-state index in [0.717, 1.165) is 24.8 Å². The van der Waals surface area contributed by atoms with Crippen molar-refractivity contribution in [1.82, 2.24) is 14.3 Å². The molecule has 2 N–H and O–H groups in total. The van der Waals surface area contributed by atoms with Gasteiger partial charge in [0.05, 0.1) is 30.3 Å². The lowest BCUT2D eigenvalue weighted by molar-refractivity contribution is -0.122. The first-order valence-electron chi connectivity index (χ1n) is 11.7. The molecular weight excluding hydrogens is 472 g/mol. The van der Waals surface area contributed by atoms with Crippen LogP contribution in [0.1, 0.15) is 50.2 Å². The summed E-state index contributed by atoms with van der Waals surface area (Å²) in [4.78, 5) is 33.1.